The van der Waals surface area contributed by atoms with E-state index in [-0.39, 0.29) is 5.69 Å². The number of benzene rings is 1. The highest BCUT2D eigenvalue weighted by molar-refractivity contribution is 5.83. The highest BCUT2D eigenvalue weighted by atomic mass is 19.4. The van der Waals surface area contributed by atoms with Crippen molar-refractivity contribution in [2.24, 2.45) is 5.73 Å². The zero-order chi connectivity index (χ0) is 14.8. The van der Waals surface area contributed by atoms with Crippen molar-refractivity contribution in [2.45, 2.75) is 19.1 Å². The fraction of sp³-hybridized carbons (Fsp3) is 0.300. The van der Waals surface area contributed by atoms with Gasteiger partial charge in [0, 0.05) is 6.07 Å². The van der Waals surface area contributed by atoms with Gasteiger partial charge in [0.05, 0.1) is 10.5 Å². The smallest absolute Gasteiger partial charge is 0.368 e. The first-order valence-corrected chi connectivity index (χ1v) is 5.04. The molecule has 0 saturated heterocycles. The van der Waals surface area contributed by atoms with Gasteiger partial charge in [-0.15, -0.1) is 0 Å². The number of rotatable bonds is 4. The van der Waals surface area contributed by atoms with E-state index in [2.05, 4.69) is 5.32 Å². The van der Waals surface area contributed by atoms with Crippen LogP contribution in [0.4, 0.5) is 24.5 Å². The Morgan fingerprint density at radius 2 is 2.05 bits per heavy atom. The van der Waals surface area contributed by atoms with E-state index in [1.807, 2.05) is 0 Å². The minimum Gasteiger partial charge on any atom is -0.368 e. The van der Waals surface area contributed by atoms with Crippen LogP contribution in [0.5, 0.6) is 0 Å². The fourth-order valence-electron chi connectivity index (χ4n) is 1.29. The first-order valence-electron chi connectivity index (χ1n) is 5.04. The average Bonchev–Trinajstić information content (AvgIpc) is 2.27. The first kappa shape index (κ1) is 14.7. The van der Waals surface area contributed by atoms with Crippen LogP contribution >= 0.6 is 0 Å². The van der Waals surface area contributed by atoms with Gasteiger partial charge in [-0.05, 0) is 19.1 Å². The number of anilines is 1. The number of carbonyl (C=O) groups is 1. The molecular formula is C10H10F3N3O3. The predicted molar refractivity (Wildman–Crippen MR) is 60.4 cm³/mol. The molecule has 0 bridgehead atoms. The molecule has 0 aliphatic heterocycles. The van der Waals surface area contributed by atoms with Crippen LogP contribution in [0, 0.1) is 10.1 Å². The van der Waals surface area contributed by atoms with Crippen molar-refractivity contribution in [3.8, 4) is 0 Å². The van der Waals surface area contributed by atoms with Crippen molar-refractivity contribution >= 4 is 17.3 Å². The molecule has 1 aromatic rings. The molecule has 0 aliphatic rings. The summed E-state index contributed by atoms with van der Waals surface area (Å²) in [5.74, 6) is -0.783. The van der Waals surface area contributed by atoms with Gasteiger partial charge in [0.15, 0.2) is 0 Å². The molecule has 0 fully saturated rings. The molecule has 1 atom stereocenters. The lowest BCUT2D eigenvalue weighted by atomic mass is 10.1. The predicted octanol–water partition coefficient (Wildman–Crippen LogP) is 1.90. The molecule has 1 aromatic carbocycles. The Morgan fingerprint density at radius 1 is 1.47 bits per heavy atom. The maximum atomic E-state index is 12.4. The molecule has 0 aromatic heterocycles. The summed E-state index contributed by atoms with van der Waals surface area (Å²) in [5, 5.41) is 13.1. The van der Waals surface area contributed by atoms with Crippen LogP contribution in [0.25, 0.3) is 0 Å². The first-order chi connectivity index (χ1) is 8.62. The summed E-state index contributed by atoms with van der Waals surface area (Å²) >= 11 is 0. The Labute approximate surface area is 105 Å². The molecule has 1 rings (SSSR count). The number of nitro benzene ring substituents is 1. The van der Waals surface area contributed by atoms with Crippen molar-refractivity contribution in [3.63, 3.8) is 0 Å². The summed E-state index contributed by atoms with van der Waals surface area (Å²) in [4.78, 5) is 20.6. The van der Waals surface area contributed by atoms with E-state index < -0.39 is 34.3 Å². The highest BCUT2D eigenvalue weighted by Gasteiger charge is 2.33. The Hall–Kier alpha value is -2.32. The number of nitrogens with two attached hydrogens (primary N) is 1. The third kappa shape index (κ3) is 3.57. The number of halogens is 3. The van der Waals surface area contributed by atoms with E-state index in [9.17, 15) is 28.1 Å². The Kier molecular flexibility index (Phi) is 3.98. The lowest BCUT2D eigenvalue weighted by Gasteiger charge is -2.13. The van der Waals surface area contributed by atoms with E-state index in [1.165, 1.54) is 6.92 Å². The number of carbonyl (C=O) groups excluding carboxylic acids is 1. The summed E-state index contributed by atoms with van der Waals surface area (Å²) in [6.45, 7) is 1.34. The largest absolute Gasteiger partial charge is 0.416 e. The molecule has 0 saturated carbocycles. The fourth-order valence-corrected chi connectivity index (χ4v) is 1.29. The number of nitrogens with zero attached hydrogens (tertiary/aromatic N) is 1. The molecule has 1 amide bonds. The quantitative estimate of drug-likeness (QED) is 0.648. The third-order valence-corrected chi connectivity index (χ3v) is 2.32. The lowest BCUT2D eigenvalue weighted by molar-refractivity contribution is -0.384. The monoisotopic (exact) mass is 277 g/mol. The number of alkyl halides is 3. The minimum atomic E-state index is -4.68. The number of hydrogen-bond donors (Lipinski definition) is 2. The summed E-state index contributed by atoms with van der Waals surface area (Å²) in [7, 11) is 0. The second kappa shape index (κ2) is 5.12. The Balaban J connectivity index is 3.19. The van der Waals surface area contributed by atoms with Crippen molar-refractivity contribution in [3.05, 3.63) is 33.9 Å². The van der Waals surface area contributed by atoms with E-state index in [0.29, 0.717) is 12.1 Å². The molecule has 0 aliphatic carbocycles. The number of primary amides is 1. The summed E-state index contributed by atoms with van der Waals surface area (Å²) in [6, 6.07) is 1.02. The van der Waals surface area contributed by atoms with Gasteiger partial charge in [-0.2, -0.15) is 13.2 Å². The SMILES string of the molecule is CC(Nc1ccc(C(F)(F)F)cc1[N+](=O)[O-])C(N)=O. The van der Waals surface area contributed by atoms with Crippen LogP contribution < -0.4 is 11.1 Å². The van der Waals surface area contributed by atoms with Crippen molar-refractivity contribution in [1.29, 1.82) is 0 Å². The summed E-state index contributed by atoms with van der Waals surface area (Å²) < 4.78 is 37.3. The molecule has 0 spiro atoms. The normalized spacial score (nSPS) is 12.8. The van der Waals surface area contributed by atoms with Gasteiger partial charge in [0.25, 0.3) is 5.69 Å². The second-order valence-electron chi connectivity index (χ2n) is 3.76. The highest BCUT2D eigenvalue weighted by Crippen LogP contribution is 2.35. The summed E-state index contributed by atoms with van der Waals surface area (Å²) in [5.41, 5.74) is 2.84. The van der Waals surface area contributed by atoms with Crippen LogP contribution in [0.2, 0.25) is 0 Å². The number of amides is 1. The van der Waals surface area contributed by atoms with Crippen LogP contribution in [-0.2, 0) is 11.0 Å². The average molecular weight is 277 g/mol. The third-order valence-electron chi connectivity index (χ3n) is 2.32. The van der Waals surface area contributed by atoms with Gasteiger partial charge in [0.1, 0.15) is 11.7 Å². The van der Waals surface area contributed by atoms with E-state index >= 15 is 0 Å². The maximum Gasteiger partial charge on any atom is 0.416 e. The van der Waals surface area contributed by atoms with Gasteiger partial charge in [-0.3, -0.25) is 14.9 Å². The zero-order valence-electron chi connectivity index (χ0n) is 9.69. The van der Waals surface area contributed by atoms with Gasteiger partial charge in [0.2, 0.25) is 5.91 Å². The molecule has 3 N–H and O–H groups in total. The van der Waals surface area contributed by atoms with Crippen molar-refractivity contribution in [1.82, 2.24) is 0 Å². The molecule has 19 heavy (non-hydrogen) atoms. The molecule has 0 heterocycles. The maximum absolute atomic E-state index is 12.4. The minimum absolute atomic E-state index is 0.204. The zero-order valence-corrected chi connectivity index (χ0v) is 9.69. The number of nitro groups is 1. The summed E-state index contributed by atoms with van der Waals surface area (Å²) in [6.07, 6.45) is -4.68. The van der Waals surface area contributed by atoms with Crippen LogP contribution in [-0.4, -0.2) is 16.9 Å². The molecule has 104 valence electrons. The Morgan fingerprint density at radius 3 is 2.47 bits per heavy atom. The number of hydrogen-bond acceptors (Lipinski definition) is 4. The molecule has 6 nitrogen and oxygen atoms in total. The standard InChI is InChI=1S/C10H10F3N3O3/c1-5(9(14)17)15-7-3-2-6(10(11,12)13)4-8(7)16(18)19/h2-5,15H,1H3,(H2,14,17). The second-order valence-corrected chi connectivity index (χ2v) is 3.76. The number of nitrogens with one attached hydrogen (secondary N) is 1. The van der Waals surface area contributed by atoms with Crippen molar-refractivity contribution in [2.75, 3.05) is 5.32 Å². The van der Waals surface area contributed by atoms with E-state index in [1.54, 1.807) is 0 Å². The lowest BCUT2D eigenvalue weighted by Crippen LogP contribution is -2.32. The van der Waals surface area contributed by atoms with Gasteiger partial charge < -0.3 is 11.1 Å². The van der Waals surface area contributed by atoms with Crippen molar-refractivity contribution < 1.29 is 22.9 Å². The van der Waals surface area contributed by atoms with E-state index in [4.69, 9.17) is 5.73 Å². The van der Waals surface area contributed by atoms with Crippen LogP contribution in [0.15, 0.2) is 18.2 Å². The molecule has 0 radical (unpaired) electrons. The van der Waals surface area contributed by atoms with Gasteiger partial charge in [-0.25, -0.2) is 0 Å². The van der Waals surface area contributed by atoms with Gasteiger partial charge >= 0.3 is 6.18 Å². The van der Waals surface area contributed by atoms with Crippen LogP contribution in [0.3, 0.4) is 0 Å². The topological polar surface area (TPSA) is 98.3 Å². The van der Waals surface area contributed by atoms with Gasteiger partial charge in [-0.1, -0.05) is 0 Å². The van der Waals surface area contributed by atoms with Crippen LogP contribution in [0.1, 0.15) is 12.5 Å². The van der Waals surface area contributed by atoms with E-state index in [0.717, 1.165) is 6.07 Å². The molecular weight excluding hydrogens is 267 g/mol. The Bertz CT molecular complexity index is 516. The molecule has 1 unspecified atom stereocenters. The molecule has 9 heteroatoms.